The minimum absolute atomic E-state index is 0.0697. The Labute approximate surface area is 153 Å². The molecule has 1 N–H and O–H groups in total. The number of aryl methyl sites for hydroxylation is 1. The van der Waals surface area contributed by atoms with Crippen LogP contribution < -0.4 is 0 Å². The molecule has 26 heavy (non-hydrogen) atoms. The third-order valence-electron chi connectivity index (χ3n) is 4.66. The number of methoxy groups -OCH3 is 1. The van der Waals surface area contributed by atoms with Gasteiger partial charge in [0.05, 0.1) is 31.1 Å². The molecule has 0 unspecified atom stereocenters. The first-order chi connectivity index (χ1) is 12.7. The van der Waals surface area contributed by atoms with Crippen LogP contribution in [0.25, 0.3) is 5.69 Å². The summed E-state index contributed by atoms with van der Waals surface area (Å²) in [6.45, 7) is 4.03. The van der Waals surface area contributed by atoms with Gasteiger partial charge in [-0.05, 0) is 24.5 Å². The van der Waals surface area contributed by atoms with Crippen molar-refractivity contribution in [3.05, 3.63) is 41.7 Å². The number of carbonyl (C=O) groups is 1. The highest BCUT2D eigenvalue weighted by molar-refractivity contribution is 5.95. The van der Waals surface area contributed by atoms with Gasteiger partial charge in [0.25, 0.3) is 5.91 Å². The number of morpholine rings is 1. The fourth-order valence-electron chi connectivity index (χ4n) is 3.23. The fourth-order valence-corrected chi connectivity index (χ4v) is 3.23. The molecule has 1 aromatic carbocycles. The Bertz CT molecular complexity index is 759. The van der Waals surface area contributed by atoms with Crippen LogP contribution in [0.4, 0.5) is 0 Å². The van der Waals surface area contributed by atoms with E-state index in [1.807, 2.05) is 24.3 Å². The quantitative estimate of drug-likeness (QED) is 0.854. The van der Waals surface area contributed by atoms with Crippen LogP contribution in [0.2, 0.25) is 0 Å². The number of amides is 1. The Balaban J connectivity index is 1.87. The summed E-state index contributed by atoms with van der Waals surface area (Å²) in [6, 6.07) is 7.74. The lowest BCUT2D eigenvalue weighted by atomic mass is 10.1. The van der Waals surface area contributed by atoms with E-state index in [9.17, 15) is 9.90 Å². The van der Waals surface area contributed by atoms with E-state index in [0.29, 0.717) is 32.8 Å². The zero-order valence-corrected chi connectivity index (χ0v) is 15.2. The SMILES string of the molecule is CCc1ccccc1-n1cc(O)c(C(=O)N2CCOC[C@H]2CCOC)n1. The van der Waals surface area contributed by atoms with Crippen molar-refractivity contribution in [3.8, 4) is 11.4 Å². The van der Waals surface area contributed by atoms with Crippen LogP contribution in [0.3, 0.4) is 0 Å². The van der Waals surface area contributed by atoms with E-state index < -0.39 is 0 Å². The molecule has 2 heterocycles. The number of nitrogens with zero attached hydrogens (tertiary/aromatic N) is 3. The average molecular weight is 359 g/mol. The molecule has 1 amide bonds. The molecule has 140 valence electrons. The second-order valence-corrected chi connectivity index (χ2v) is 6.30. The smallest absolute Gasteiger partial charge is 0.278 e. The standard InChI is InChI=1S/C19H25N3O4/c1-3-14-6-4-5-7-16(14)22-12-17(23)18(20-22)19(24)21-9-11-26-13-15(21)8-10-25-2/h4-7,12,15,23H,3,8-11,13H2,1-2H3/t15-/m1/s1. The summed E-state index contributed by atoms with van der Waals surface area (Å²) < 4.78 is 12.2. The summed E-state index contributed by atoms with van der Waals surface area (Å²) >= 11 is 0. The van der Waals surface area contributed by atoms with Gasteiger partial charge in [0.1, 0.15) is 0 Å². The van der Waals surface area contributed by atoms with Gasteiger partial charge in [-0.3, -0.25) is 4.79 Å². The average Bonchev–Trinajstić information content (AvgIpc) is 3.07. The van der Waals surface area contributed by atoms with Crippen LogP contribution in [-0.4, -0.2) is 65.2 Å². The van der Waals surface area contributed by atoms with E-state index in [2.05, 4.69) is 12.0 Å². The Morgan fingerprint density at radius 1 is 1.42 bits per heavy atom. The van der Waals surface area contributed by atoms with Crippen LogP contribution in [-0.2, 0) is 15.9 Å². The highest BCUT2D eigenvalue weighted by Crippen LogP contribution is 2.24. The molecule has 7 heteroatoms. The van der Waals surface area contributed by atoms with Crippen molar-refractivity contribution in [2.24, 2.45) is 0 Å². The molecule has 2 aromatic rings. The Morgan fingerprint density at radius 2 is 2.23 bits per heavy atom. The molecular formula is C19H25N3O4. The third kappa shape index (κ3) is 3.73. The number of rotatable bonds is 6. The molecule has 1 aliphatic heterocycles. The summed E-state index contributed by atoms with van der Waals surface area (Å²) in [7, 11) is 1.63. The van der Waals surface area contributed by atoms with Gasteiger partial charge >= 0.3 is 0 Å². The molecule has 1 saturated heterocycles. The number of carbonyl (C=O) groups excluding carboxylic acids is 1. The Kier molecular flexibility index (Phi) is 5.90. The minimum atomic E-state index is -0.278. The maximum atomic E-state index is 13.0. The van der Waals surface area contributed by atoms with Crippen LogP contribution in [0.5, 0.6) is 5.75 Å². The third-order valence-corrected chi connectivity index (χ3v) is 4.66. The van der Waals surface area contributed by atoms with E-state index in [0.717, 1.165) is 17.7 Å². The number of para-hydroxylation sites is 1. The summed E-state index contributed by atoms with van der Waals surface area (Å²) in [5.74, 6) is -0.391. The molecule has 1 fully saturated rings. The lowest BCUT2D eigenvalue weighted by Crippen LogP contribution is -2.49. The van der Waals surface area contributed by atoms with E-state index in [1.165, 1.54) is 6.20 Å². The van der Waals surface area contributed by atoms with Crippen molar-refractivity contribution in [1.82, 2.24) is 14.7 Å². The van der Waals surface area contributed by atoms with Crippen LogP contribution in [0.15, 0.2) is 30.5 Å². The topological polar surface area (TPSA) is 76.8 Å². The van der Waals surface area contributed by atoms with Gasteiger partial charge in [-0.1, -0.05) is 25.1 Å². The first kappa shape index (κ1) is 18.4. The van der Waals surface area contributed by atoms with Gasteiger partial charge in [0.15, 0.2) is 11.4 Å². The minimum Gasteiger partial charge on any atom is -0.504 e. The monoisotopic (exact) mass is 359 g/mol. The molecule has 1 aromatic heterocycles. The zero-order valence-electron chi connectivity index (χ0n) is 15.2. The van der Waals surface area contributed by atoms with Crippen molar-refractivity contribution < 1.29 is 19.4 Å². The van der Waals surface area contributed by atoms with Gasteiger partial charge in [0, 0.05) is 20.3 Å². The molecular weight excluding hydrogens is 334 g/mol. The summed E-state index contributed by atoms with van der Waals surface area (Å²) in [6.07, 6.45) is 3.01. The predicted octanol–water partition coefficient (Wildman–Crippen LogP) is 2.02. The summed E-state index contributed by atoms with van der Waals surface area (Å²) in [4.78, 5) is 14.7. The molecule has 0 radical (unpaired) electrons. The maximum Gasteiger partial charge on any atom is 0.278 e. The molecule has 1 atom stereocenters. The normalized spacial score (nSPS) is 17.5. The second-order valence-electron chi connectivity index (χ2n) is 6.30. The van der Waals surface area contributed by atoms with Gasteiger partial charge in [-0.15, -0.1) is 0 Å². The lowest BCUT2D eigenvalue weighted by molar-refractivity contribution is -0.0108. The molecule has 0 saturated carbocycles. The number of benzene rings is 1. The van der Waals surface area contributed by atoms with Crippen molar-refractivity contribution in [2.75, 3.05) is 33.5 Å². The first-order valence-electron chi connectivity index (χ1n) is 8.90. The first-order valence-corrected chi connectivity index (χ1v) is 8.90. The Hall–Kier alpha value is -2.38. The molecule has 0 bridgehead atoms. The molecule has 7 nitrogen and oxygen atoms in total. The van der Waals surface area contributed by atoms with Crippen molar-refractivity contribution >= 4 is 5.91 Å². The van der Waals surface area contributed by atoms with E-state index in [4.69, 9.17) is 9.47 Å². The molecule has 0 aliphatic carbocycles. The van der Waals surface area contributed by atoms with Crippen LogP contribution in [0, 0.1) is 0 Å². The predicted molar refractivity (Wildman–Crippen MR) is 96.7 cm³/mol. The fraction of sp³-hybridized carbons (Fsp3) is 0.474. The number of aromatic nitrogens is 2. The summed E-state index contributed by atoms with van der Waals surface area (Å²) in [5.41, 5.74) is 2.03. The van der Waals surface area contributed by atoms with Crippen LogP contribution >= 0.6 is 0 Å². The highest BCUT2D eigenvalue weighted by atomic mass is 16.5. The van der Waals surface area contributed by atoms with Crippen molar-refractivity contribution in [3.63, 3.8) is 0 Å². The number of ether oxygens (including phenoxy) is 2. The van der Waals surface area contributed by atoms with E-state index in [-0.39, 0.29) is 23.4 Å². The van der Waals surface area contributed by atoms with Crippen molar-refractivity contribution in [2.45, 2.75) is 25.8 Å². The van der Waals surface area contributed by atoms with Gasteiger partial charge in [0.2, 0.25) is 0 Å². The van der Waals surface area contributed by atoms with Gasteiger partial charge in [-0.2, -0.15) is 5.10 Å². The maximum absolute atomic E-state index is 13.0. The lowest BCUT2D eigenvalue weighted by Gasteiger charge is -2.35. The highest BCUT2D eigenvalue weighted by Gasteiger charge is 2.31. The van der Waals surface area contributed by atoms with E-state index >= 15 is 0 Å². The van der Waals surface area contributed by atoms with E-state index in [1.54, 1.807) is 16.7 Å². The summed E-state index contributed by atoms with van der Waals surface area (Å²) in [5, 5.41) is 14.7. The Morgan fingerprint density at radius 3 is 3.00 bits per heavy atom. The molecule has 3 rings (SSSR count). The molecule has 1 aliphatic rings. The zero-order chi connectivity index (χ0) is 18.5. The second kappa shape index (κ2) is 8.33. The largest absolute Gasteiger partial charge is 0.504 e. The molecule has 0 spiro atoms. The van der Waals surface area contributed by atoms with Gasteiger partial charge < -0.3 is 19.5 Å². The van der Waals surface area contributed by atoms with Crippen molar-refractivity contribution in [1.29, 1.82) is 0 Å². The number of aromatic hydroxyl groups is 1. The van der Waals surface area contributed by atoms with Crippen LogP contribution in [0.1, 0.15) is 29.4 Å². The number of hydrogen-bond acceptors (Lipinski definition) is 5. The van der Waals surface area contributed by atoms with Gasteiger partial charge in [-0.25, -0.2) is 4.68 Å². The number of hydrogen-bond donors (Lipinski definition) is 1.